The van der Waals surface area contributed by atoms with Crippen molar-refractivity contribution < 1.29 is 9.53 Å². The standard InChI is InChI=1S/C14H18N2O2/c1-9-3-2-4-15-13(9)14(17)10-5-11-7-18-8-12(6-10)16-11/h2-4,10-12,16H,5-8H2,1H3. The SMILES string of the molecule is Cc1cccnc1C(=O)C1CC2COCC(C1)N2. The Morgan fingerprint density at radius 3 is 2.78 bits per heavy atom. The highest BCUT2D eigenvalue weighted by molar-refractivity contribution is 5.97. The molecule has 3 rings (SSSR count). The Morgan fingerprint density at radius 2 is 2.11 bits per heavy atom. The average molecular weight is 246 g/mol. The molecule has 4 heteroatoms. The first-order chi connectivity index (χ1) is 8.74. The van der Waals surface area contributed by atoms with E-state index in [1.54, 1.807) is 6.20 Å². The van der Waals surface area contributed by atoms with Crippen LogP contribution in [0.15, 0.2) is 18.3 Å². The van der Waals surface area contributed by atoms with Crippen molar-refractivity contribution >= 4 is 5.78 Å². The Morgan fingerprint density at radius 1 is 1.39 bits per heavy atom. The highest BCUT2D eigenvalue weighted by Gasteiger charge is 2.36. The van der Waals surface area contributed by atoms with Gasteiger partial charge in [0, 0.05) is 24.2 Å². The number of ether oxygens (including phenoxy) is 1. The average Bonchev–Trinajstić information content (AvgIpc) is 2.38. The van der Waals surface area contributed by atoms with E-state index in [0.717, 1.165) is 31.6 Å². The van der Waals surface area contributed by atoms with Gasteiger partial charge in [0.15, 0.2) is 5.78 Å². The van der Waals surface area contributed by atoms with Crippen LogP contribution in [0.4, 0.5) is 0 Å². The summed E-state index contributed by atoms with van der Waals surface area (Å²) >= 11 is 0. The maximum atomic E-state index is 12.5. The number of aromatic nitrogens is 1. The minimum Gasteiger partial charge on any atom is -0.378 e. The van der Waals surface area contributed by atoms with E-state index in [0.29, 0.717) is 17.8 Å². The van der Waals surface area contributed by atoms with Crippen molar-refractivity contribution in [2.75, 3.05) is 13.2 Å². The van der Waals surface area contributed by atoms with Gasteiger partial charge in [-0.25, -0.2) is 0 Å². The maximum absolute atomic E-state index is 12.5. The molecule has 0 spiro atoms. The van der Waals surface area contributed by atoms with Crippen LogP contribution in [0.25, 0.3) is 0 Å². The third kappa shape index (κ3) is 2.18. The summed E-state index contributed by atoms with van der Waals surface area (Å²) in [6.45, 7) is 3.40. The molecular weight excluding hydrogens is 228 g/mol. The van der Waals surface area contributed by atoms with Crippen LogP contribution in [0, 0.1) is 12.8 Å². The Kier molecular flexibility index (Phi) is 3.14. The van der Waals surface area contributed by atoms with Crippen molar-refractivity contribution in [3.8, 4) is 0 Å². The fraction of sp³-hybridized carbons (Fsp3) is 0.571. The Bertz CT molecular complexity index is 449. The molecule has 2 fully saturated rings. The lowest BCUT2D eigenvalue weighted by Gasteiger charge is -2.39. The number of carbonyl (C=O) groups excluding carboxylic acids is 1. The number of fused-ring (bicyclic) bond motifs is 2. The molecule has 1 aromatic rings. The number of pyridine rings is 1. The summed E-state index contributed by atoms with van der Waals surface area (Å²) in [6, 6.07) is 4.48. The fourth-order valence-electron chi connectivity index (χ4n) is 2.99. The van der Waals surface area contributed by atoms with E-state index in [-0.39, 0.29) is 11.7 Å². The quantitative estimate of drug-likeness (QED) is 0.800. The number of morpholine rings is 1. The normalized spacial score (nSPS) is 31.1. The first-order valence-electron chi connectivity index (χ1n) is 6.53. The molecule has 2 aliphatic heterocycles. The number of aryl methyl sites for hydroxylation is 1. The molecule has 18 heavy (non-hydrogen) atoms. The summed E-state index contributed by atoms with van der Waals surface area (Å²) < 4.78 is 5.50. The van der Waals surface area contributed by atoms with Crippen molar-refractivity contribution in [1.29, 1.82) is 0 Å². The smallest absolute Gasteiger partial charge is 0.184 e. The van der Waals surface area contributed by atoms with Gasteiger partial charge < -0.3 is 10.1 Å². The van der Waals surface area contributed by atoms with Crippen LogP contribution < -0.4 is 5.32 Å². The van der Waals surface area contributed by atoms with E-state index in [1.165, 1.54) is 0 Å². The maximum Gasteiger partial charge on any atom is 0.184 e. The van der Waals surface area contributed by atoms with Gasteiger partial charge in [-0.1, -0.05) is 6.07 Å². The van der Waals surface area contributed by atoms with Gasteiger partial charge in [-0.2, -0.15) is 0 Å². The zero-order valence-corrected chi connectivity index (χ0v) is 10.6. The molecule has 2 bridgehead atoms. The van der Waals surface area contributed by atoms with Gasteiger partial charge in [0.1, 0.15) is 5.69 Å². The predicted octanol–water partition coefficient (Wildman–Crippen LogP) is 1.34. The molecular formula is C14H18N2O2. The van der Waals surface area contributed by atoms with E-state index < -0.39 is 0 Å². The van der Waals surface area contributed by atoms with E-state index in [9.17, 15) is 4.79 Å². The zero-order chi connectivity index (χ0) is 12.5. The number of nitrogens with one attached hydrogen (secondary N) is 1. The summed E-state index contributed by atoms with van der Waals surface area (Å²) in [4.78, 5) is 16.8. The van der Waals surface area contributed by atoms with Crippen LogP contribution in [-0.2, 0) is 4.74 Å². The van der Waals surface area contributed by atoms with E-state index in [1.807, 2.05) is 19.1 Å². The lowest BCUT2D eigenvalue weighted by Crippen LogP contribution is -2.55. The Hall–Kier alpha value is -1.26. The van der Waals surface area contributed by atoms with Gasteiger partial charge in [0.05, 0.1) is 13.2 Å². The van der Waals surface area contributed by atoms with Crippen LogP contribution >= 0.6 is 0 Å². The van der Waals surface area contributed by atoms with Gasteiger partial charge in [-0.05, 0) is 31.4 Å². The largest absolute Gasteiger partial charge is 0.378 e. The molecule has 1 N–H and O–H groups in total. The van der Waals surface area contributed by atoms with Crippen LogP contribution in [0.1, 0.15) is 28.9 Å². The molecule has 2 aliphatic rings. The highest BCUT2D eigenvalue weighted by atomic mass is 16.5. The number of ketones is 1. The second-order valence-corrected chi connectivity index (χ2v) is 5.30. The van der Waals surface area contributed by atoms with Gasteiger partial charge in [-0.3, -0.25) is 9.78 Å². The van der Waals surface area contributed by atoms with Crippen LogP contribution in [0.2, 0.25) is 0 Å². The van der Waals surface area contributed by atoms with E-state index in [4.69, 9.17) is 4.74 Å². The van der Waals surface area contributed by atoms with Gasteiger partial charge in [0.25, 0.3) is 0 Å². The molecule has 96 valence electrons. The molecule has 0 radical (unpaired) electrons. The molecule has 1 aromatic heterocycles. The summed E-state index contributed by atoms with van der Waals surface area (Å²) in [5, 5.41) is 3.51. The summed E-state index contributed by atoms with van der Waals surface area (Å²) in [6.07, 6.45) is 3.43. The first-order valence-corrected chi connectivity index (χ1v) is 6.53. The number of nitrogens with zero attached hydrogens (tertiary/aromatic N) is 1. The topological polar surface area (TPSA) is 51.2 Å². The zero-order valence-electron chi connectivity index (χ0n) is 10.6. The van der Waals surface area contributed by atoms with Crippen molar-refractivity contribution in [3.63, 3.8) is 0 Å². The molecule has 0 amide bonds. The van der Waals surface area contributed by atoms with Crippen molar-refractivity contribution in [2.45, 2.75) is 31.8 Å². The van der Waals surface area contributed by atoms with Crippen molar-refractivity contribution in [1.82, 2.24) is 10.3 Å². The third-order valence-electron chi connectivity index (χ3n) is 3.86. The molecule has 4 nitrogen and oxygen atoms in total. The van der Waals surface area contributed by atoms with Crippen LogP contribution in [-0.4, -0.2) is 36.1 Å². The van der Waals surface area contributed by atoms with E-state index in [2.05, 4.69) is 10.3 Å². The predicted molar refractivity (Wildman–Crippen MR) is 67.6 cm³/mol. The molecule has 0 saturated carbocycles. The minimum atomic E-state index is 0.0961. The minimum absolute atomic E-state index is 0.0961. The number of rotatable bonds is 2. The van der Waals surface area contributed by atoms with Gasteiger partial charge in [0.2, 0.25) is 0 Å². The van der Waals surface area contributed by atoms with Crippen molar-refractivity contribution in [2.24, 2.45) is 5.92 Å². The van der Waals surface area contributed by atoms with Crippen LogP contribution in [0.5, 0.6) is 0 Å². The molecule has 3 heterocycles. The second-order valence-electron chi connectivity index (χ2n) is 5.30. The molecule has 0 aliphatic carbocycles. The second kappa shape index (κ2) is 4.78. The number of hydrogen-bond donors (Lipinski definition) is 1. The summed E-state index contributed by atoms with van der Waals surface area (Å²) in [7, 11) is 0. The molecule has 2 unspecified atom stereocenters. The number of Topliss-reactive ketones (excluding diaryl/α,β-unsaturated/α-hetero) is 1. The van der Waals surface area contributed by atoms with Gasteiger partial charge >= 0.3 is 0 Å². The Balaban J connectivity index is 1.79. The highest BCUT2D eigenvalue weighted by Crippen LogP contribution is 2.27. The monoisotopic (exact) mass is 246 g/mol. The number of piperidine rings is 1. The molecule has 2 atom stereocenters. The van der Waals surface area contributed by atoms with Crippen molar-refractivity contribution in [3.05, 3.63) is 29.6 Å². The van der Waals surface area contributed by atoms with Crippen LogP contribution in [0.3, 0.4) is 0 Å². The first kappa shape index (κ1) is 11.8. The number of carbonyl (C=O) groups is 1. The number of hydrogen-bond acceptors (Lipinski definition) is 4. The lowest BCUT2D eigenvalue weighted by molar-refractivity contribution is 0.00942. The summed E-state index contributed by atoms with van der Waals surface area (Å²) in [5.41, 5.74) is 1.62. The third-order valence-corrected chi connectivity index (χ3v) is 3.86. The lowest BCUT2D eigenvalue weighted by atomic mass is 9.82. The molecule has 2 saturated heterocycles. The Labute approximate surface area is 107 Å². The fourth-order valence-corrected chi connectivity index (χ4v) is 2.99. The summed E-state index contributed by atoms with van der Waals surface area (Å²) in [5.74, 6) is 0.297. The van der Waals surface area contributed by atoms with E-state index >= 15 is 0 Å². The van der Waals surface area contributed by atoms with Gasteiger partial charge in [-0.15, -0.1) is 0 Å². The molecule has 0 aromatic carbocycles.